The van der Waals surface area contributed by atoms with Gasteiger partial charge in [0, 0.05) is 37.6 Å². The molecule has 0 spiro atoms. The van der Waals surface area contributed by atoms with Crippen LogP contribution in [0.5, 0.6) is 0 Å². The number of rotatable bonds is 4. The zero-order valence-electron chi connectivity index (χ0n) is 13.2. The van der Waals surface area contributed by atoms with Crippen LogP contribution in [0, 0.1) is 0 Å². The minimum absolute atomic E-state index is 0.0803. The molecule has 2 aromatic rings. The number of hydrogen-bond donors (Lipinski definition) is 2. The molecule has 1 aliphatic heterocycles. The number of hydrogen-bond acceptors (Lipinski definition) is 5. The summed E-state index contributed by atoms with van der Waals surface area (Å²) in [5.74, 6) is 1.47. The number of amides is 1. The maximum atomic E-state index is 11.0. The molecule has 1 fully saturated rings. The maximum Gasteiger partial charge on any atom is 0.229 e. The van der Waals surface area contributed by atoms with E-state index in [9.17, 15) is 4.79 Å². The molecular formula is C17H21N5O. The van der Waals surface area contributed by atoms with Gasteiger partial charge in [-0.2, -0.15) is 4.98 Å². The van der Waals surface area contributed by atoms with E-state index in [1.54, 1.807) is 6.20 Å². The molecule has 0 atom stereocenters. The van der Waals surface area contributed by atoms with Crippen molar-refractivity contribution in [2.24, 2.45) is 0 Å². The van der Waals surface area contributed by atoms with Gasteiger partial charge in [0.25, 0.3) is 0 Å². The largest absolute Gasteiger partial charge is 0.356 e. The lowest BCUT2D eigenvalue weighted by molar-refractivity contribution is -0.114. The van der Waals surface area contributed by atoms with Gasteiger partial charge in [0.05, 0.1) is 0 Å². The Morgan fingerprint density at radius 3 is 2.43 bits per heavy atom. The van der Waals surface area contributed by atoms with E-state index >= 15 is 0 Å². The Morgan fingerprint density at radius 2 is 1.74 bits per heavy atom. The summed E-state index contributed by atoms with van der Waals surface area (Å²) in [5.41, 5.74) is 1.65. The lowest BCUT2D eigenvalue weighted by Gasteiger charge is -2.27. The van der Waals surface area contributed by atoms with E-state index in [0.717, 1.165) is 30.3 Å². The summed E-state index contributed by atoms with van der Waals surface area (Å²) in [7, 11) is 0. The minimum Gasteiger partial charge on any atom is -0.356 e. The number of carbonyl (C=O) groups excluding carboxylic acids is 1. The summed E-state index contributed by atoms with van der Waals surface area (Å²) < 4.78 is 0. The molecule has 1 aliphatic rings. The van der Waals surface area contributed by atoms with E-state index in [4.69, 9.17) is 0 Å². The van der Waals surface area contributed by atoms with Crippen molar-refractivity contribution < 1.29 is 4.79 Å². The number of nitrogens with zero attached hydrogens (tertiary/aromatic N) is 3. The topological polar surface area (TPSA) is 70.2 Å². The van der Waals surface area contributed by atoms with Crippen molar-refractivity contribution >= 4 is 29.0 Å². The van der Waals surface area contributed by atoms with Crippen molar-refractivity contribution in [3.63, 3.8) is 0 Å². The SMILES string of the molecule is CC(=O)Nc1ccc(Nc2nccc(N3CCCCC3)n2)cc1. The van der Waals surface area contributed by atoms with Crippen molar-refractivity contribution in [2.45, 2.75) is 26.2 Å². The van der Waals surface area contributed by atoms with E-state index in [1.807, 2.05) is 30.3 Å². The highest BCUT2D eigenvalue weighted by Crippen LogP contribution is 2.20. The highest BCUT2D eigenvalue weighted by Gasteiger charge is 2.12. The number of nitrogens with one attached hydrogen (secondary N) is 2. The normalized spacial score (nSPS) is 14.4. The van der Waals surface area contributed by atoms with E-state index < -0.39 is 0 Å². The molecule has 23 heavy (non-hydrogen) atoms. The Labute approximate surface area is 135 Å². The molecule has 1 amide bonds. The second kappa shape index (κ2) is 7.09. The highest BCUT2D eigenvalue weighted by molar-refractivity contribution is 5.88. The minimum atomic E-state index is -0.0803. The third-order valence-corrected chi connectivity index (χ3v) is 3.78. The van der Waals surface area contributed by atoms with Gasteiger partial charge in [0.1, 0.15) is 5.82 Å². The van der Waals surface area contributed by atoms with Crippen LogP contribution < -0.4 is 15.5 Å². The first-order valence-electron chi connectivity index (χ1n) is 7.93. The first-order chi connectivity index (χ1) is 11.2. The fourth-order valence-electron chi connectivity index (χ4n) is 2.68. The summed E-state index contributed by atoms with van der Waals surface area (Å²) in [6, 6.07) is 9.43. The molecule has 0 unspecified atom stereocenters. The molecule has 3 rings (SSSR count). The van der Waals surface area contributed by atoms with Gasteiger partial charge >= 0.3 is 0 Å². The van der Waals surface area contributed by atoms with Crippen LogP contribution in [0.3, 0.4) is 0 Å². The molecule has 0 bridgehead atoms. The van der Waals surface area contributed by atoms with Crippen LogP contribution in [0.2, 0.25) is 0 Å². The molecule has 2 heterocycles. The van der Waals surface area contributed by atoms with Gasteiger partial charge in [-0.3, -0.25) is 4.79 Å². The lowest BCUT2D eigenvalue weighted by atomic mass is 10.1. The average Bonchev–Trinajstić information content (AvgIpc) is 2.57. The number of carbonyl (C=O) groups is 1. The molecule has 2 N–H and O–H groups in total. The van der Waals surface area contributed by atoms with Gasteiger partial charge < -0.3 is 15.5 Å². The van der Waals surface area contributed by atoms with Crippen LogP contribution in [0.4, 0.5) is 23.1 Å². The standard InChI is InChI=1S/C17H21N5O/c1-13(23)19-14-5-7-15(8-6-14)20-17-18-10-9-16(21-17)22-11-3-2-4-12-22/h5-10H,2-4,11-12H2,1H3,(H,19,23)(H,18,20,21). The third-order valence-electron chi connectivity index (χ3n) is 3.78. The zero-order chi connectivity index (χ0) is 16.1. The van der Waals surface area contributed by atoms with Gasteiger partial charge in [-0.05, 0) is 49.6 Å². The predicted molar refractivity (Wildman–Crippen MR) is 92.1 cm³/mol. The first kappa shape index (κ1) is 15.3. The van der Waals surface area contributed by atoms with Gasteiger partial charge in [-0.1, -0.05) is 0 Å². The molecule has 1 aromatic carbocycles. The summed E-state index contributed by atoms with van der Waals surface area (Å²) >= 11 is 0. The van der Waals surface area contributed by atoms with E-state index in [1.165, 1.54) is 26.2 Å². The Balaban J connectivity index is 1.68. The molecule has 0 radical (unpaired) electrons. The number of aromatic nitrogens is 2. The number of piperidine rings is 1. The Kier molecular flexibility index (Phi) is 4.71. The predicted octanol–water partition coefficient (Wildman–Crippen LogP) is 3.17. The monoisotopic (exact) mass is 311 g/mol. The molecule has 1 saturated heterocycles. The van der Waals surface area contributed by atoms with Crippen molar-refractivity contribution in [2.75, 3.05) is 28.6 Å². The van der Waals surface area contributed by atoms with E-state index in [-0.39, 0.29) is 5.91 Å². The van der Waals surface area contributed by atoms with Gasteiger partial charge in [-0.15, -0.1) is 0 Å². The molecule has 6 heteroatoms. The Hall–Kier alpha value is -2.63. The van der Waals surface area contributed by atoms with E-state index in [2.05, 4.69) is 25.5 Å². The fourth-order valence-corrected chi connectivity index (χ4v) is 2.68. The van der Waals surface area contributed by atoms with Crippen molar-refractivity contribution in [1.82, 2.24) is 9.97 Å². The fraction of sp³-hybridized carbons (Fsp3) is 0.353. The second-order valence-corrected chi connectivity index (χ2v) is 5.67. The molecule has 0 saturated carbocycles. The van der Waals surface area contributed by atoms with Crippen molar-refractivity contribution in [1.29, 1.82) is 0 Å². The molecular weight excluding hydrogens is 290 g/mol. The molecule has 6 nitrogen and oxygen atoms in total. The quantitative estimate of drug-likeness (QED) is 0.907. The summed E-state index contributed by atoms with van der Waals surface area (Å²) in [5, 5.41) is 5.95. The van der Waals surface area contributed by atoms with Crippen LogP contribution in [0.1, 0.15) is 26.2 Å². The van der Waals surface area contributed by atoms with Crippen LogP contribution >= 0.6 is 0 Å². The van der Waals surface area contributed by atoms with Crippen LogP contribution in [0.15, 0.2) is 36.5 Å². The molecule has 120 valence electrons. The Morgan fingerprint density at radius 1 is 1.04 bits per heavy atom. The maximum absolute atomic E-state index is 11.0. The molecule has 1 aromatic heterocycles. The summed E-state index contributed by atoms with van der Waals surface area (Å²) in [6.07, 6.45) is 5.52. The van der Waals surface area contributed by atoms with Crippen molar-refractivity contribution in [3.05, 3.63) is 36.5 Å². The van der Waals surface area contributed by atoms with Gasteiger partial charge in [0.15, 0.2) is 0 Å². The lowest BCUT2D eigenvalue weighted by Crippen LogP contribution is -2.30. The summed E-state index contributed by atoms with van der Waals surface area (Å²) in [6.45, 7) is 3.61. The molecule has 0 aliphatic carbocycles. The van der Waals surface area contributed by atoms with Gasteiger partial charge in [-0.25, -0.2) is 4.98 Å². The smallest absolute Gasteiger partial charge is 0.229 e. The number of benzene rings is 1. The second-order valence-electron chi connectivity index (χ2n) is 5.67. The summed E-state index contributed by atoms with van der Waals surface area (Å²) in [4.78, 5) is 22.2. The van der Waals surface area contributed by atoms with Crippen LogP contribution in [-0.2, 0) is 4.79 Å². The van der Waals surface area contributed by atoms with Crippen LogP contribution in [0.25, 0.3) is 0 Å². The average molecular weight is 311 g/mol. The van der Waals surface area contributed by atoms with Crippen LogP contribution in [-0.4, -0.2) is 29.0 Å². The highest BCUT2D eigenvalue weighted by atomic mass is 16.1. The van der Waals surface area contributed by atoms with Gasteiger partial charge in [0.2, 0.25) is 11.9 Å². The van der Waals surface area contributed by atoms with Crippen molar-refractivity contribution in [3.8, 4) is 0 Å². The number of anilines is 4. The van der Waals surface area contributed by atoms with E-state index in [0.29, 0.717) is 5.95 Å². The zero-order valence-corrected chi connectivity index (χ0v) is 13.2. The Bertz CT molecular complexity index is 665. The third kappa shape index (κ3) is 4.18. The first-order valence-corrected chi connectivity index (χ1v) is 7.93.